The number of thiazole rings is 1. The van der Waals surface area contributed by atoms with Gasteiger partial charge in [0.15, 0.2) is 0 Å². The second kappa shape index (κ2) is 8.42. The molecule has 0 spiro atoms. The first-order chi connectivity index (χ1) is 12.5. The van der Waals surface area contributed by atoms with Crippen LogP contribution in [-0.2, 0) is 0 Å². The van der Waals surface area contributed by atoms with Crippen LogP contribution in [0.15, 0.2) is 41.8 Å². The summed E-state index contributed by atoms with van der Waals surface area (Å²) in [6.45, 7) is 2.91. The zero-order chi connectivity index (χ0) is 18.5. The van der Waals surface area contributed by atoms with Gasteiger partial charge in [-0.05, 0) is 49.1 Å². The minimum absolute atomic E-state index is 0.0235. The summed E-state index contributed by atoms with van der Waals surface area (Å²) in [5.41, 5.74) is 0.762. The Kier molecular flexibility index (Phi) is 6.00. The monoisotopic (exact) mass is 390 g/mol. The number of carbonyl (C=O) groups excluding carboxylic acids is 1. The van der Waals surface area contributed by atoms with Crippen molar-refractivity contribution in [2.75, 3.05) is 20.2 Å². The number of hydrogen-bond acceptors (Lipinski definition) is 5. The van der Waals surface area contributed by atoms with Gasteiger partial charge in [0.25, 0.3) is 5.91 Å². The maximum Gasteiger partial charge on any atom is 0.265 e. The molecule has 4 nitrogen and oxygen atoms in total. The molecule has 7 heteroatoms. The molecule has 26 heavy (non-hydrogen) atoms. The zero-order valence-corrected chi connectivity index (χ0v) is 16.2. The van der Waals surface area contributed by atoms with Crippen LogP contribution in [0.2, 0.25) is 0 Å². The van der Waals surface area contributed by atoms with Gasteiger partial charge in [-0.2, -0.15) is 0 Å². The van der Waals surface area contributed by atoms with Gasteiger partial charge in [-0.25, -0.2) is 9.37 Å². The minimum Gasteiger partial charge on any atom is -0.494 e. The number of aryl methyl sites for hydroxylation is 1. The fourth-order valence-electron chi connectivity index (χ4n) is 2.40. The van der Waals surface area contributed by atoms with Crippen LogP contribution >= 0.6 is 22.7 Å². The van der Waals surface area contributed by atoms with Crippen molar-refractivity contribution in [2.45, 2.75) is 13.3 Å². The van der Waals surface area contributed by atoms with Crippen LogP contribution in [0, 0.1) is 12.7 Å². The Morgan fingerprint density at radius 2 is 2.04 bits per heavy atom. The quantitative estimate of drug-likeness (QED) is 0.541. The van der Waals surface area contributed by atoms with Gasteiger partial charge in [0, 0.05) is 13.6 Å². The van der Waals surface area contributed by atoms with E-state index in [0.717, 1.165) is 15.6 Å². The van der Waals surface area contributed by atoms with Crippen molar-refractivity contribution in [1.29, 1.82) is 0 Å². The third-order valence-electron chi connectivity index (χ3n) is 3.79. The Hall–Kier alpha value is -2.25. The van der Waals surface area contributed by atoms with E-state index in [1.807, 2.05) is 24.4 Å². The van der Waals surface area contributed by atoms with E-state index < -0.39 is 0 Å². The van der Waals surface area contributed by atoms with Crippen LogP contribution in [0.5, 0.6) is 5.75 Å². The van der Waals surface area contributed by atoms with Crippen molar-refractivity contribution in [2.24, 2.45) is 0 Å². The van der Waals surface area contributed by atoms with Crippen molar-refractivity contribution < 1.29 is 13.9 Å². The summed E-state index contributed by atoms with van der Waals surface area (Å²) in [5.74, 6) is 0.313. The Bertz CT molecular complexity index is 860. The first-order valence-electron chi connectivity index (χ1n) is 8.19. The lowest BCUT2D eigenvalue weighted by atomic mass is 10.3. The Morgan fingerprint density at radius 3 is 2.73 bits per heavy atom. The fourth-order valence-corrected chi connectivity index (χ4v) is 4.26. The van der Waals surface area contributed by atoms with Crippen LogP contribution < -0.4 is 4.74 Å². The normalized spacial score (nSPS) is 10.7. The van der Waals surface area contributed by atoms with Crippen LogP contribution in [0.1, 0.15) is 21.8 Å². The Morgan fingerprint density at radius 1 is 1.27 bits per heavy atom. The van der Waals surface area contributed by atoms with E-state index in [4.69, 9.17) is 4.74 Å². The smallest absolute Gasteiger partial charge is 0.265 e. The largest absolute Gasteiger partial charge is 0.494 e. The highest BCUT2D eigenvalue weighted by atomic mass is 32.1. The summed E-state index contributed by atoms with van der Waals surface area (Å²) in [7, 11) is 1.78. The lowest BCUT2D eigenvalue weighted by molar-refractivity contribution is 0.0791. The van der Waals surface area contributed by atoms with Gasteiger partial charge in [-0.15, -0.1) is 22.7 Å². The molecule has 0 aliphatic rings. The third-order valence-corrected chi connectivity index (χ3v) is 5.97. The van der Waals surface area contributed by atoms with E-state index >= 15 is 0 Å². The number of ether oxygens (including phenoxy) is 1. The molecule has 0 unspecified atom stereocenters. The van der Waals surface area contributed by atoms with E-state index in [1.165, 1.54) is 23.5 Å². The summed E-state index contributed by atoms with van der Waals surface area (Å²) < 4.78 is 18.4. The van der Waals surface area contributed by atoms with Gasteiger partial charge in [0.2, 0.25) is 0 Å². The first-order valence-corrected chi connectivity index (χ1v) is 9.89. The minimum atomic E-state index is -0.287. The zero-order valence-electron chi connectivity index (χ0n) is 14.6. The molecular formula is C19H19FN2O2S2. The number of benzene rings is 1. The maximum absolute atomic E-state index is 12.9. The van der Waals surface area contributed by atoms with Crippen LogP contribution in [0.25, 0.3) is 9.88 Å². The average Bonchev–Trinajstić information content (AvgIpc) is 3.29. The van der Waals surface area contributed by atoms with Gasteiger partial charge in [-0.3, -0.25) is 4.79 Å². The highest BCUT2D eigenvalue weighted by Crippen LogP contribution is 2.31. The van der Waals surface area contributed by atoms with Crippen molar-refractivity contribution in [3.63, 3.8) is 0 Å². The van der Waals surface area contributed by atoms with Crippen molar-refractivity contribution in [3.8, 4) is 15.6 Å². The molecule has 1 aromatic carbocycles. The van der Waals surface area contributed by atoms with Crippen LogP contribution in [0.4, 0.5) is 4.39 Å². The van der Waals surface area contributed by atoms with Gasteiger partial charge in [0.05, 0.1) is 17.2 Å². The van der Waals surface area contributed by atoms with Crippen molar-refractivity contribution in [3.05, 3.63) is 58.2 Å². The number of nitrogens with zero attached hydrogens (tertiary/aromatic N) is 2. The van der Waals surface area contributed by atoms with E-state index in [-0.39, 0.29) is 11.7 Å². The lowest BCUT2D eigenvalue weighted by Crippen LogP contribution is -2.28. The summed E-state index contributed by atoms with van der Waals surface area (Å²) in [4.78, 5) is 20.6. The molecule has 1 amide bonds. The number of halogens is 1. The van der Waals surface area contributed by atoms with Crippen LogP contribution in [0.3, 0.4) is 0 Å². The highest BCUT2D eigenvalue weighted by molar-refractivity contribution is 7.22. The van der Waals surface area contributed by atoms with Crippen molar-refractivity contribution >= 4 is 28.6 Å². The maximum atomic E-state index is 12.9. The van der Waals surface area contributed by atoms with E-state index in [9.17, 15) is 9.18 Å². The van der Waals surface area contributed by atoms with E-state index in [0.29, 0.717) is 30.2 Å². The van der Waals surface area contributed by atoms with Gasteiger partial charge in [0.1, 0.15) is 21.5 Å². The Labute approximate surface area is 159 Å². The number of hydrogen-bond donors (Lipinski definition) is 0. The van der Waals surface area contributed by atoms with E-state index in [2.05, 4.69) is 4.98 Å². The molecule has 0 saturated carbocycles. The van der Waals surface area contributed by atoms with Crippen LogP contribution in [-0.4, -0.2) is 36.0 Å². The number of carbonyl (C=O) groups is 1. The summed E-state index contributed by atoms with van der Waals surface area (Å²) in [5, 5.41) is 2.88. The first kappa shape index (κ1) is 18.5. The highest BCUT2D eigenvalue weighted by Gasteiger charge is 2.19. The second-order valence-corrected chi connectivity index (χ2v) is 7.74. The third kappa shape index (κ3) is 4.47. The molecule has 0 saturated heterocycles. The van der Waals surface area contributed by atoms with Gasteiger partial charge < -0.3 is 9.64 Å². The molecule has 0 aliphatic carbocycles. The number of thiophene rings is 1. The SMILES string of the molecule is Cc1nc(-c2cccs2)sc1C(=O)N(C)CCCOc1ccc(F)cc1. The topological polar surface area (TPSA) is 42.4 Å². The predicted octanol–water partition coefficient (Wildman–Crippen LogP) is 4.86. The predicted molar refractivity (Wildman–Crippen MR) is 104 cm³/mol. The summed E-state index contributed by atoms with van der Waals surface area (Å²) in [6, 6.07) is 9.90. The molecule has 2 aromatic heterocycles. The number of aromatic nitrogens is 1. The summed E-state index contributed by atoms with van der Waals surface area (Å²) in [6.07, 6.45) is 0.690. The fraction of sp³-hybridized carbons (Fsp3) is 0.263. The van der Waals surface area contributed by atoms with Gasteiger partial charge in [-0.1, -0.05) is 6.07 Å². The molecule has 2 heterocycles. The summed E-state index contributed by atoms with van der Waals surface area (Å²) >= 11 is 3.05. The average molecular weight is 391 g/mol. The number of rotatable bonds is 7. The standard InChI is InChI=1S/C19H19FN2O2S2/c1-13-17(26-18(21-13)16-5-3-12-25-16)19(23)22(2)10-4-11-24-15-8-6-14(20)7-9-15/h3,5-9,12H,4,10-11H2,1-2H3. The molecule has 0 N–H and O–H groups in total. The van der Waals surface area contributed by atoms with Gasteiger partial charge >= 0.3 is 0 Å². The molecule has 0 aliphatic heterocycles. The Balaban J connectivity index is 1.52. The second-order valence-electron chi connectivity index (χ2n) is 5.79. The molecule has 0 fully saturated rings. The molecule has 3 rings (SSSR count). The number of amides is 1. The molecule has 0 atom stereocenters. The molecule has 3 aromatic rings. The van der Waals surface area contributed by atoms with E-state index in [1.54, 1.807) is 35.4 Å². The van der Waals surface area contributed by atoms with Crippen molar-refractivity contribution in [1.82, 2.24) is 9.88 Å². The molecule has 0 bridgehead atoms. The molecular weight excluding hydrogens is 371 g/mol. The molecule has 136 valence electrons. The molecule has 0 radical (unpaired) electrons. The lowest BCUT2D eigenvalue weighted by Gasteiger charge is -2.16.